The highest BCUT2D eigenvalue weighted by Gasteiger charge is 2.39. The van der Waals surface area contributed by atoms with Crippen molar-refractivity contribution in [1.29, 1.82) is 0 Å². The molecule has 4 nitrogen and oxygen atoms in total. The number of amides is 1. The fourth-order valence-corrected chi connectivity index (χ4v) is 3.87. The first-order valence-electron chi connectivity index (χ1n) is 8.77. The number of carbonyl (C=O) groups is 1. The van der Waals surface area contributed by atoms with Crippen LogP contribution < -0.4 is 10.6 Å². The zero-order chi connectivity index (χ0) is 20.3. The molecular formula is C21H18F3N3O. The summed E-state index contributed by atoms with van der Waals surface area (Å²) in [5.41, 5.74) is 7.16. The summed E-state index contributed by atoms with van der Waals surface area (Å²) in [4.78, 5) is 18.4. The maximum atomic E-state index is 12.9. The standard InChI is InChI=1S/C21H18F3N3O/c1-20(2)16-5-3-4-14(19(25)28)15(16)11-27(20)18-9-6-12-10-13(21(22,23)24)7-8-17(12)26-18/h3-10H,11H2,1-2H3,(H2,25,28). The first kappa shape index (κ1) is 18.3. The summed E-state index contributed by atoms with van der Waals surface area (Å²) in [7, 11) is 0. The van der Waals surface area contributed by atoms with Crippen molar-refractivity contribution in [3.63, 3.8) is 0 Å². The number of aromatic nitrogens is 1. The predicted molar refractivity (Wildman–Crippen MR) is 101 cm³/mol. The van der Waals surface area contributed by atoms with E-state index in [2.05, 4.69) is 4.98 Å². The number of hydrogen-bond donors (Lipinski definition) is 1. The molecule has 1 amide bonds. The molecule has 0 spiro atoms. The van der Waals surface area contributed by atoms with Gasteiger partial charge in [-0.05, 0) is 61.4 Å². The Morgan fingerprint density at radius 1 is 1.14 bits per heavy atom. The third-order valence-electron chi connectivity index (χ3n) is 5.37. The highest BCUT2D eigenvalue weighted by atomic mass is 19.4. The van der Waals surface area contributed by atoms with E-state index in [-0.39, 0.29) is 0 Å². The van der Waals surface area contributed by atoms with E-state index in [9.17, 15) is 18.0 Å². The minimum absolute atomic E-state index is 0.422. The van der Waals surface area contributed by atoms with E-state index in [4.69, 9.17) is 5.73 Å². The molecule has 2 N–H and O–H groups in total. The molecule has 1 aromatic heterocycles. The van der Waals surface area contributed by atoms with Gasteiger partial charge in [0.05, 0.1) is 16.6 Å². The van der Waals surface area contributed by atoms with Gasteiger partial charge in [-0.25, -0.2) is 4.98 Å². The highest BCUT2D eigenvalue weighted by molar-refractivity contribution is 5.95. The number of anilines is 1. The second-order valence-electron chi connectivity index (χ2n) is 7.42. The zero-order valence-corrected chi connectivity index (χ0v) is 15.3. The van der Waals surface area contributed by atoms with Crippen LogP contribution in [0.25, 0.3) is 10.9 Å². The van der Waals surface area contributed by atoms with Crippen molar-refractivity contribution < 1.29 is 18.0 Å². The topological polar surface area (TPSA) is 59.2 Å². The third-order valence-corrected chi connectivity index (χ3v) is 5.37. The fourth-order valence-electron chi connectivity index (χ4n) is 3.87. The van der Waals surface area contributed by atoms with Gasteiger partial charge in [0.1, 0.15) is 5.82 Å². The Kier molecular flexibility index (Phi) is 3.89. The molecule has 28 heavy (non-hydrogen) atoms. The number of primary amides is 1. The Morgan fingerprint density at radius 2 is 1.89 bits per heavy atom. The number of alkyl halides is 3. The number of pyridine rings is 1. The van der Waals surface area contributed by atoms with Crippen LogP contribution in [0.3, 0.4) is 0 Å². The first-order chi connectivity index (χ1) is 13.1. The number of hydrogen-bond acceptors (Lipinski definition) is 3. The van der Waals surface area contributed by atoms with Gasteiger partial charge in [0, 0.05) is 17.5 Å². The van der Waals surface area contributed by atoms with E-state index in [0.29, 0.717) is 28.8 Å². The molecule has 2 heterocycles. The number of fused-ring (bicyclic) bond motifs is 2. The van der Waals surface area contributed by atoms with Gasteiger partial charge in [-0.15, -0.1) is 0 Å². The molecule has 0 saturated carbocycles. The van der Waals surface area contributed by atoms with Crippen LogP contribution in [0.5, 0.6) is 0 Å². The monoisotopic (exact) mass is 385 g/mol. The number of halogens is 3. The van der Waals surface area contributed by atoms with Crippen molar-refractivity contribution in [3.8, 4) is 0 Å². The maximum absolute atomic E-state index is 12.9. The normalized spacial score (nSPS) is 15.7. The highest BCUT2D eigenvalue weighted by Crippen LogP contribution is 2.43. The molecule has 144 valence electrons. The molecule has 4 rings (SSSR count). The lowest BCUT2D eigenvalue weighted by atomic mass is 9.91. The molecule has 0 unspecified atom stereocenters. The Labute approximate surface area is 159 Å². The molecule has 1 aliphatic heterocycles. The van der Waals surface area contributed by atoms with Crippen molar-refractivity contribution in [1.82, 2.24) is 4.98 Å². The zero-order valence-electron chi connectivity index (χ0n) is 15.3. The lowest BCUT2D eigenvalue weighted by Gasteiger charge is -2.33. The summed E-state index contributed by atoms with van der Waals surface area (Å²) in [6.07, 6.45) is -4.39. The van der Waals surface area contributed by atoms with E-state index in [1.807, 2.05) is 24.8 Å². The Balaban J connectivity index is 1.78. The van der Waals surface area contributed by atoms with Crippen LogP contribution in [0.15, 0.2) is 48.5 Å². The van der Waals surface area contributed by atoms with Gasteiger partial charge in [-0.3, -0.25) is 4.79 Å². The maximum Gasteiger partial charge on any atom is 0.416 e. The van der Waals surface area contributed by atoms with Gasteiger partial charge in [0.15, 0.2) is 0 Å². The van der Waals surface area contributed by atoms with Crippen LogP contribution in [-0.4, -0.2) is 10.9 Å². The minimum Gasteiger partial charge on any atom is -0.366 e. The van der Waals surface area contributed by atoms with Crippen molar-refractivity contribution in [2.45, 2.75) is 32.1 Å². The lowest BCUT2D eigenvalue weighted by Crippen LogP contribution is -2.35. The smallest absolute Gasteiger partial charge is 0.366 e. The largest absolute Gasteiger partial charge is 0.416 e. The predicted octanol–water partition coefficient (Wildman–Crippen LogP) is 4.61. The van der Waals surface area contributed by atoms with E-state index in [1.54, 1.807) is 24.3 Å². The molecule has 0 atom stereocenters. The summed E-state index contributed by atoms with van der Waals surface area (Å²) in [5.74, 6) is 0.143. The summed E-state index contributed by atoms with van der Waals surface area (Å²) < 4.78 is 38.8. The summed E-state index contributed by atoms with van der Waals surface area (Å²) in [6, 6.07) is 12.3. The van der Waals surface area contributed by atoms with Gasteiger partial charge in [-0.2, -0.15) is 13.2 Å². The molecule has 1 aliphatic rings. The molecular weight excluding hydrogens is 367 g/mol. The molecule has 0 aliphatic carbocycles. The van der Waals surface area contributed by atoms with Crippen LogP contribution in [0.2, 0.25) is 0 Å². The van der Waals surface area contributed by atoms with Crippen molar-refractivity contribution in [3.05, 3.63) is 70.8 Å². The summed E-state index contributed by atoms with van der Waals surface area (Å²) >= 11 is 0. The quantitative estimate of drug-likeness (QED) is 0.701. The SMILES string of the molecule is CC1(C)c2cccc(C(N)=O)c2CN1c1ccc2cc(C(F)(F)F)ccc2n1. The van der Waals surface area contributed by atoms with Gasteiger partial charge in [-0.1, -0.05) is 12.1 Å². The molecule has 0 bridgehead atoms. The van der Waals surface area contributed by atoms with E-state index in [0.717, 1.165) is 23.3 Å². The van der Waals surface area contributed by atoms with Gasteiger partial charge in [0.2, 0.25) is 5.91 Å². The second kappa shape index (κ2) is 5.95. The van der Waals surface area contributed by atoms with E-state index in [1.165, 1.54) is 6.07 Å². The summed E-state index contributed by atoms with van der Waals surface area (Å²) in [5, 5.41) is 0.422. The van der Waals surface area contributed by atoms with Crippen LogP contribution in [0, 0.1) is 0 Å². The van der Waals surface area contributed by atoms with Crippen molar-refractivity contribution in [2.75, 3.05) is 4.90 Å². The lowest BCUT2D eigenvalue weighted by molar-refractivity contribution is -0.137. The Bertz CT molecular complexity index is 1110. The average Bonchev–Trinajstić information content (AvgIpc) is 2.91. The first-order valence-corrected chi connectivity index (χ1v) is 8.77. The van der Waals surface area contributed by atoms with Gasteiger partial charge >= 0.3 is 6.18 Å². The summed E-state index contributed by atoms with van der Waals surface area (Å²) in [6.45, 7) is 4.48. The minimum atomic E-state index is -4.39. The number of carbonyl (C=O) groups excluding carboxylic acids is 1. The fraction of sp³-hybridized carbons (Fsp3) is 0.238. The Hall–Kier alpha value is -3.09. The number of nitrogens with zero attached hydrogens (tertiary/aromatic N) is 2. The van der Waals surface area contributed by atoms with Gasteiger partial charge in [0.25, 0.3) is 0 Å². The number of benzene rings is 2. The van der Waals surface area contributed by atoms with Crippen LogP contribution in [0.4, 0.5) is 19.0 Å². The molecule has 0 fully saturated rings. The molecule has 0 radical (unpaired) electrons. The van der Waals surface area contributed by atoms with Gasteiger partial charge < -0.3 is 10.6 Å². The second-order valence-corrected chi connectivity index (χ2v) is 7.42. The third kappa shape index (κ3) is 2.78. The average molecular weight is 385 g/mol. The van der Waals surface area contributed by atoms with E-state index < -0.39 is 23.2 Å². The van der Waals surface area contributed by atoms with Crippen molar-refractivity contribution in [2.24, 2.45) is 5.73 Å². The van der Waals surface area contributed by atoms with Crippen LogP contribution in [-0.2, 0) is 18.3 Å². The van der Waals surface area contributed by atoms with Crippen molar-refractivity contribution >= 4 is 22.6 Å². The molecule has 7 heteroatoms. The number of rotatable bonds is 2. The molecule has 2 aromatic carbocycles. The Morgan fingerprint density at radius 3 is 2.57 bits per heavy atom. The molecule has 0 saturated heterocycles. The van der Waals surface area contributed by atoms with E-state index >= 15 is 0 Å². The number of nitrogens with two attached hydrogens (primary N) is 1. The van der Waals surface area contributed by atoms with Crippen LogP contribution >= 0.6 is 0 Å². The van der Waals surface area contributed by atoms with Crippen LogP contribution in [0.1, 0.15) is 40.9 Å². The molecule has 3 aromatic rings.